The molecule has 0 bridgehead atoms. The SMILES string of the molecule is N#CC1CC(NC2CCS(=O)(=O)C2)CCC1N=CC(C(N)=O)C(N)=Nc1ccc(S(=O)(=O)C(F)(F)F)cc1. The highest BCUT2D eigenvalue weighted by atomic mass is 32.2. The van der Waals surface area contributed by atoms with Gasteiger partial charge in [-0.15, -0.1) is 0 Å². The first-order chi connectivity index (χ1) is 17.6. The van der Waals surface area contributed by atoms with Crippen LogP contribution in [0.15, 0.2) is 39.1 Å². The van der Waals surface area contributed by atoms with Crippen LogP contribution in [0.3, 0.4) is 0 Å². The zero-order chi connectivity index (χ0) is 28.3. The molecule has 16 heteroatoms. The van der Waals surface area contributed by atoms with E-state index in [1.165, 1.54) is 6.21 Å². The van der Waals surface area contributed by atoms with E-state index in [1.807, 2.05) is 0 Å². The van der Waals surface area contributed by atoms with Crippen LogP contribution in [0.1, 0.15) is 25.7 Å². The number of amides is 1. The summed E-state index contributed by atoms with van der Waals surface area (Å²) in [5, 5.41) is 12.9. The fourth-order valence-electron chi connectivity index (χ4n) is 4.43. The summed E-state index contributed by atoms with van der Waals surface area (Å²) >= 11 is 0. The van der Waals surface area contributed by atoms with Crippen LogP contribution in [0.5, 0.6) is 0 Å². The number of nitrogens with zero attached hydrogens (tertiary/aromatic N) is 3. The van der Waals surface area contributed by atoms with Crippen LogP contribution in [0.25, 0.3) is 0 Å². The Morgan fingerprint density at radius 3 is 2.34 bits per heavy atom. The van der Waals surface area contributed by atoms with Crippen LogP contribution >= 0.6 is 0 Å². The molecular formula is C22H27F3N6O5S2. The standard InChI is InChI=1S/C22H27F3N6O5S2/c23-22(24,25)38(35,36)17-4-1-14(2-5-17)31-20(27)18(21(28)32)11-29-19-6-3-15(9-13(19)10-26)30-16-7-8-37(33,34)12-16/h1-2,4-5,11,13,15-16,18-19,30H,3,6-9,12H2,(H2,27,31)(H2,28,32). The predicted octanol–water partition coefficient (Wildman–Crippen LogP) is 0.979. The number of benzene rings is 1. The first-order valence-corrected chi connectivity index (χ1v) is 14.9. The lowest BCUT2D eigenvalue weighted by Crippen LogP contribution is -2.44. The van der Waals surface area contributed by atoms with Gasteiger partial charge in [0.25, 0.3) is 9.84 Å². The monoisotopic (exact) mass is 576 g/mol. The number of carbonyl (C=O) groups is 1. The third-order valence-electron chi connectivity index (χ3n) is 6.45. The molecule has 38 heavy (non-hydrogen) atoms. The van der Waals surface area contributed by atoms with E-state index in [4.69, 9.17) is 11.5 Å². The number of halogens is 3. The predicted molar refractivity (Wildman–Crippen MR) is 133 cm³/mol. The molecule has 0 spiro atoms. The Hall–Kier alpha value is -3.03. The maximum atomic E-state index is 12.7. The lowest BCUT2D eigenvalue weighted by molar-refractivity contribution is -0.118. The minimum atomic E-state index is -5.53. The molecule has 1 aromatic carbocycles. The maximum Gasteiger partial charge on any atom is 0.501 e. The molecule has 3 rings (SSSR count). The molecule has 2 fully saturated rings. The second-order valence-corrected chi connectivity index (χ2v) is 13.4. The van der Waals surface area contributed by atoms with Crippen molar-refractivity contribution < 1.29 is 34.8 Å². The van der Waals surface area contributed by atoms with Crippen molar-refractivity contribution in [2.75, 3.05) is 11.5 Å². The quantitative estimate of drug-likeness (QED) is 0.300. The van der Waals surface area contributed by atoms with Crippen LogP contribution in [0.4, 0.5) is 18.9 Å². The van der Waals surface area contributed by atoms with Crippen LogP contribution < -0.4 is 16.8 Å². The molecule has 2 aliphatic rings. The topological polar surface area (TPSA) is 198 Å². The summed E-state index contributed by atoms with van der Waals surface area (Å²) in [4.78, 5) is 19.3. The average molecular weight is 577 g/mol. The number of amidine groups is 1. The Balaban J connectivity index is 1.68. The van der Waals surface area contributed by atoms with Crippen molar-refractivity contribution >= 4 is 43.3 Å². The number of rotatable bonds is 8. The molecule has 0 radical (unpaired) electrons. The molecule has 11 nitrogen and oxygen atoms in total. The van der Waals surface area contributed by atoms with Crippen LogP contribution in [-0.4, -0.2) is 69.9 Å². The lowest BCUT2D eigenvalue weighted by Gasteiger charge is -2.32. The van der Waals surface area contributed by atoms with Gasteiger partial charge in [-0.2, -0.15) is 18.4 Å². The Bertz CT molecular complexity index is 1350. The third-order valence-corrected chi connectivity index (χ3v) is 9.72. The van der Waals surface area contributed by atoms with E-state index >= 15 is 0 Å². The normalized spacial score (nSPS) is 27.2. The smallest absolute Gasteiger partial charge is 0.386 e. The van der Waals surface area contributed by atoms with Gasteiger partial charge in [0.1, 0.15) is 11.8 Å². The van der Waals surface area contributed by atoms with E-state index in [1.54, 1.807) is 0 Å². The summed E-state index contributed by atoms with van der Waals surface area (Å²) in [7, 11) is -8.57. The van der Waals surface area contributed by atoms with Crippen molar-refractivity contribution in [1.82, 2.24) is 5.32 Å². The molecule has 1 saturated heterocycles. The minimum Gasteiger partial charge on any atom is -0.386 e. The van der Waals surface area contributed by atoms with Crippen LogP contribution in [0, 0.1) is 23.2 Å². The van der Waals surface area contributed by atoms with Gasteiger partial charge in [-0.05, 0) is 49.9 Å². The highest BCUT2D eigenvalue weighted by molar-refractivity contribution is 7.92. The van der Waals surface area contributed by atoms with Crippen molar-refractivity contribution in [1.29, 1.82) is 5.26 Å². The number of carbonyl (C=O) groups excluding carboxylic acids is 1. The van der Waals surface area contributed by atoms with E-state index in [9.17, 15) is 40.1 Å². The molecule has 1 amide bonds. The third kappa shape index (κ3) is 7.08. The van der Waals surface area contributed by atoms with Gasteiger partial charge in [0.15, 0.2) is 9.84 Å². The van der Waals surface area contributed by atoms with Gasteiger partial charge in [0, 0.05) is 18.3 Å². The Labute approximate surface area is 218 Å². The molecule has 5 N–H and O–H groups in total. The minimum absolute atomic E-state index is 0.0151. The zero-order valence-corrected chi connectivity index (χ0v) is 21.6. The first kappa shape index (κ1) is 29.5. The number of aliphatic imine (C=N–C) groups is 2. The van der Waals surface area contributed by atoms with Gasteiger partial charge in [-0.1, -0.05) is 0 Å². The fourth-order valence-corrected chi connectivity index (χ4v) is 6.88. The number of primary amides is 1. The number of nitriles is 1. The Morgan fingerprint density at radius 1 is 1.16 bits per heavy atom. The molecule has 1 aliphatic carbocycles. The van der Waals surface area contributed by atoms with Gasteiger partial charge < -0.3 is 16.8 Å². The van der Waals surface area contributed by atoms with E-state index < -0.39 is 53.9 Å². The largest absolute Gasteiger partial charge is 0.501 e. The second-order valence-electron chi connectivity index (χ2n) is 9.24. The van der Waals surface area contributed by atoms with E-state index in [0.29, 0.717) is 37.8 Å². The average Bonchev–Trinajstić information content (AvgIpc) is 3.17. The molecule has 0 aromatic heterocycles. The van der Waals surface area contributed by atoms with Gasteiger partial charge in [0.2, 0.25) is 5.91 Å². The van der Waals surface area contributed by atoms with E-state index in [2.05, 4.69) is 21.4 Å². The number of alkyl halides is 3. The number of hydrogen-bond acceptors (Lipinski definition) is 9. The summed E-state index contributed by atoms with van der Waals surface area (Å²) in [5.41, 5.74) is 5.84. The summed E-state index contributed by atoms with van der Waals surface area (Å²) in [6.07, 6.45) is 3.26. The molecule has 1 aliphatic heterocycles. The maximum absolute atomic E-state index is 12.7. The second kappa shape index (κ2) is 11.4. The fraction of sp³-hybridized carbons (Fsp3) is 0.545. The van der Waals surface area contributed by atoms with Crippen molar-refractivity contribution in [3.8, 4) is 6.07 Å². The van der Waals surface area contributed by atoms with Crippen molar-refractivity contribution in [2.24, 2.45) is 33.3 Å². The van der Waals surface area contributed by atoms with Crippen molar-refractivity contribution in [3.05, 3.63) is 24.3 Å². The number of nitrogens with two attached hydrogens (primary N) is 2. The summed E-state index contributed by atoms with van der Waals surface area (Å²) in [6.45, 7) is 0. The molecule has 5 atom stereocenters. The van der Waals surface area contributed by atoms with Crippen LogP contribution in [-0.2, 0) is 24.5 Å². The number of hydrogen-bond donors (Lipinski definition) is 3. The van der Waals surface area contributed by atoms with Gasteiger partial charge in [-0.3, -0.25) is 9.79 Å². The molecule has 1 saturated carbocycles. The van der Waals surface area contributed by atoms with Crippen molar-refractivity contribution in [2.45, 2.75) is 54.2 Å². The van der Waals surface area contributed by atoms with Crippen molar-refractivity contribution in [3.63, 3.8) is 0 Å². The molecule has 5 unspecified atom stereocenters. The van der Waals surface area contributed by atoms with Gasteiger partial charge in [-0.25, -0.2) is 21.8 Å². The molecular weight excluding hydrogens is 549 g/mol. The highest BCUT2D eigenvalue weighted by Gasteiger charge is 2.46. The Kier molecular flexibility index (Phi) is 8.84. The molecule has 1 aromatic rings. The number of sulfone groups is 2. The molecule has 208 valence electrons. The summed E-state index contributed by atoms with van der Waals surface area (Å²) < 4.78 is 84.5. The van der Waals surface area contributed by atoms with Crippen LogP contribution in [0.2, 0.25) is 0 Å². The number of nitrogens with one attached hydrogen (secondary N) is 1. The summed E-state index contributed by atoms with van der Waals surface area (Å²) in [6, 6.07) is 4.95. The summed E-state index contributed by atoms with van der Waals surface area (Å²) in [5.74, 6) is -2.81. The van der Waals surface area contributed by atoms with E-state index in [0.717, 1.165) is 12.1 Å². The zero-order valence-electron chi connectivity index (χ0n) is 20.0. The molecule has 1 heterocycles. The van der Waals surface area contributed by atoms with Gasteiger partial charge >= 0.3 is 5.51 Å². The van der Waals surface area contributed by atoms with E-state index in [-0.39, 0.29) is 35.1 Å². The Morgan fingerprint density at radius 2 is 1.82 bits per heavy atom. The van der Waals surface area contributed by atoms with Gasteiger partial charge in [0.05, 0.1) is 40.1 Å². The first-order valence-electron chi connectivity index (χ1n) is 11.6. The highest BCUT2D eigenvalue weighted by Crippen LogP contribution is 2.31. The lowest BCUT2D eigenvalue weighted by atomic mass is 9.82.